The lowest BCUT2D eigenvalue weighted by Gasteiger charge is -2.08. The second-order valence-electron chi connectivity index (χ2n) is 3.35. The molecule has 1 aromatic carbocycles. The predicted octanol–water partition coefficient (Wildman–Crippen LogP) is 4.61. The third-order valence-electron chi connectivity index (χ3n) is 2.07. The van der Waals surface area contributed by atoms with Crippen molar-refractivity contribution in [1.82, 2.24) is 4.98 Å². The summed E-state index contributed by atoms with van der Waals surface area (Å²) < 4.78 is 40.7. The molecule has 7 heteroatoms. The zero-order valence-electron chi connectivity index (χ0n) is 8.65. The van der Waals surface area contributed by atoms with Gasteiger partial charge in [0, 0.05) is 19.8 Å². The van der Waals surface area contributed by atoms with Crippen molar-refractivity contribution in [2.45, 2.75) is 0 Å². The Labute approximate surface area is 123 Å². The molecule has 0 fully saturated rings. The quantitative estimate of drug-likeness (QED) is 0.558. The van der Waals surface area contributed by atoms with Gasteiger partial charge in [-0.2, -0.15) is 9.37 Å². The van der Waals surface area contributed by atoms with Gasteiger partial charge >= 0.3 is 0 Å². The maximum absolute atomic E-state index is 13.4. The van der Waals surface area contributed by atoms with E-state index in [1.807, 2.05) is 0 Å². The third kappa shape index (κ3) is 2.94. The van der Waals surface area contributed by atoms with Gasteiger partial charge in [-0.15, -0.1) is 0 Å². The summed E-state index contributed by atoms with van der Waals surface area (Å²) in [4.78, 5) is 3.17. The highest BCUT2D eigenvalue weighted by atomic mass is 127. The Kier molecular flexibility index (Phi) is 4.10. The van der Waals surface area contributed by atoms with Gasteiger partial charge in [-0.05, 0) is 56.7 Å². The Morgan fingerprint density at radius 1 is 1.11 bits per heavy atom. The molecule has 0 saturated heterocycles. The minimum atomic E-state index is -1.34. The molecular formula is C11H5BrF3IN2. The van der Waals surface area contributed by atoms with Gasteiger partial charge in [-0.3, -0.25) is 0 Å². The lowest BCUT2D eigenvalue weighted by Crippen LogP contribution is -2.01. The van der Waals surface area contributed by atoms with Crippen molar-refractivity contribution in [2.75, 3.05) is 5.32 Å². The van der Waals surface area contributed by atoms with E-state index < -0.39 is 17.6 Å². The zero-order valence-corrected chi connectivity index (χ0v) is 12.4. The number of pyridine rings is 1. The Morgan fingerprint density at radius 2 is 1.83 bits per heavy atom. The molecule has 18 heavy (non-hydrogen) atoms. The lowest BCUT2D eigenvalue weighted by molar-refractivity contribution is 0.467. The molecule has 1 heterocycles. The van der Waals surface area contributed by atoms with Crippen LogP contribution in [0, 0.1) is 21.2 Å². The number of hydrogen-bond acceptors (Lipinski definition) is 2. The highest BCUT2D eigenvalue weighted by Crippen LogP contribution is 2.25. The van der Waals surface area contributed by atoms with Crippen molar-refractivity contribution in [3.63, 3.8) is 0 Å². The standard InChI is InChI=1S/C11H5BrF3IN2/c12-6-3-5(1-2-9(6)16)17-11-8(14)4-7(13)10(15)18-11/h1-4H,(H,17,18). The van der Waals surface area contributed by atoms with Crippen LogP contribution in [0.4, 0.5) is 24.7 Å². The van der Waals surface area contributed by atoms with Gasteiger partial charge in [0.1, 0.15) is 0 Å². The van der Waals surface area contributed by atoms with Crippen LogP contribution in [0.15, 0.2) is 28.7 Å². The highest BCUT2D eigenvalue weighted by molar-refractivity contribution is 14.1. The van der Waals surface area contributed by atoms with Crippen LogP contribution < -0.4 is 5.32 Å². The first-order valence-electron chi connectivity index (χ1n) is 4.71. The molecule has 0 aliphatic rings. The fraction of sp³-hybridized carbons (Fsp3) is 0. The number of rotatable bonds is 2. The molecule has 0 unspecified atom stereocenters. The van der Waals surface area contributed by atoms with Crippen LogP contribution in [0.25, 0.3) is 0 Å². The van der Waals surface area contributed by atoms with E-state index in [0.717, 1.165) is 8.04 Å². The van der Waals surface area contributed by atoms with Gasteiger partial charge in [-0.1, -0.05) is 0 Å². The molecule has 1 N–H and O–H groups in total. The molecule has 0 aliphatic carbocycles. The minimum absolute atomic E-state index is 0.359. The second kappa shape index (κ2) is 5.43. The summed E-state index contributed by atoms with van der Waals surface area (Å²) in [5.74, 6) is -3.98. The smallest absolute Gasteiger partial charge is 0.251 e. The lowest BCUT2D eigenvalue weighted by atomic mass is 10.3. The van der Waals surface area contributed by atoms with Crippen LogP contribution >= 0.6 is 38.5 Å². The number of halogens is 5. The number of benzene rings is 1. The van der Waals surface area contributed by atoms with E-state index in [4.69, 9.17) is 0 Å². The molecule has 0 radical (unpaired) electrons. The van der Waals surface area contributed by atoms with Crippen LogP contribution in [-0.4, -0.2) is 4.98 Å². The van der Waals surface area contributed by atoms with Gasteiger partial charge in [-0.25, -0.2) is 8.78 Å². The first kappa shape index (κ1) is 13.6. The Bertz CT molecular complexity index is 607. The summed E-state index contributed by atoms with van der Waals surface area (Å²) in [5, 5.41) is 2.58. The summed E-state index contributed by atoms with van der Waals surface area (Å²) in [7, 11) is 0. The van der Waals surface area contributed by atoms with Gasteiger partial charge in [0.25, 0.3) is 5.95 Å². The predicted molar refractivity (Wildman–Crippen MR) is 74.3 cm³/mol. The van der Waals surface area contributed by atoms with E-state index >= 15 is 0 Å². The maximum Gasteiger partial charge on any atom is 0.251 e. The monoisotopic (exact) mass is 428 g/mol. The van der Waals surface area contributed by atoms with E-state index in [0.29, 0.717) is 11.8 Å². The third-order valence-corrected chi connectivity index (χ3v) is 4.41. The van der Waals surface area contributed by atoms with E-state index in [1.165, 1.54) is 0 Å². The fourth-order valence-electron chi connectivity index (χ4n) is 1.24. The Morgan fingerprint density at radius 3 is 2.50 bits per heavy atom. The van der Waals surface area contributed by atoms with Crippen molar-refractivity contribution in [1.29, 1.82) is 0 Å². The van der Waals surface area contributed by atoms with E-state index in [9.17, 15) is 13.2 Å². The van der Waals surface area contributed by atoms with Crippen LogP contribution in [0.1, 0.15) is 0 Å². The normalized spacial score (nSPS) is 10.5. The molecule has 1 aromatic heterocycles. The van der Waals surface area contributed by atoms with E-state index in [2.05, 4.69) is 48.8 Å². The van der Waals surface area contributed by atoms with Crippen LogP contribution in [0.2, 0.25) is 0 Å². The number of nitrogens with zero attached hydrogens (tertiary/aromatic N) is 1. The van der Waals surface area contributed by atoms with Crippen LogP contribution in [0.3, 0.4) is 0 Å². The Balaban J connectivity index is 2.34. The molecule has 0 bridgehead atoms. The first-order chi connectivity index (χ1) is 8.47. The fourth-order valence-corrected chi connectivity index (χ4v) is 1.96. The summed E-state index contributed by atoms with van der Waals surface area (Å²) in [6, 6.07) is 5.59. The SMILES string of the molecule is Fc1cc(F)c(Nc2ccc(I)c(Br)c2)nc1F. The second-order valence-corrected chi connectivity index (χ2v) is 5.36. The van der Waals surface area contributed by atoms with Gasteiger partial charge in [0.2, 0.25) is 0 Å². The average molecular weight is 429 g/mol. The van der Waals surface area contributed by atoms with Crippen molar-refractivity contribution < 1.29 is 13.2 Å². The molecular weight excluding hydrogens is 424 g/mol. The summed E-state index contributed by atoms with van der Waals surface area (Å²) >= 11 is 5.42. The highest BCUT2D eigenvalue weighted by Gasteiger charge is 2.12. The van der Waals surface area contributed by atoms with Gasteiger partial charge in [0.15, 0.2) is 17.5 Å². The van der Waals surface area contributed by atoms with E-state index in [-0.39, 0.29) is 5.82 Å². The topological polar surface area (TPSA) is 24.9 Å². The van der Waals surface area contributed by atoms with Crippen LogP contribution in [-0.2, 0) is 0 Å². The van der Waals surface area contributed by atoms with Crippen molar-refractivity contribution in [3.8, 4) is 0 Å². The summed E-state index contributed by atoms with van der Waals surface area (Å²) in [6.07, 6.45) is 0. The van der Waals surface area contributed by atoms with Crippen molar-refractivity contribution in [3.05, 3.63) is 49.9 Å². The van der Waals surface area contributed by atoms with Crippen molar-refractivity contribution >= 4 is 50.0 Å². The molecule has 2 rings (SSSR count). The molecule has 2 nitrogen and oxygen atoms in total. The molecule has 0 aliphatic heterocycles. The van der Waals surface area contributed by atoms with Crippen LogP contribution in [0.5, 0.6) is 0 Å². The molecule has 0 saturated carbocycles. The molecule has 0 atom stereocenters. The maximum atomic E-state index is 13.4. The molecule has 2 aromatic rings. The minimum Gasteiger partial charge on any atom is -0.338 e. The van der Waals surface area contributed by atoms with E-state index in [1.54, 1.807) is 18.2 Å². The van der Waals surface area contributed by atoms with Gasteiger partial charge < -0.3 is 5.32 Å². The molecule has 0 amide bonds. The summed E-state index contributed by atoms with van der Waals surface area (Å²) in [5.41, 5.74) is 0.514. The first-order valence-corrected chi connectivity index (χ1v) is 6.58. The number of hydrogen-bond donors (Lipinski definition) is 1. The number of anilines is 2. The molecule has 94 valence electrons. The number of aromatic nitrogens is 1. The molecule has 0 spiro atoms. The Hall–Kier alpha value is -0.830. The average Bonchev–Trinajstić information content (AvgIpc) is 2.31. The largest absolute Gasteiger partial charge is 0.338 e. The zero-order chi connectivity index (χ0) is 13.3. The van der Waals surface area contributed by atoms with Gasteiger partial charge in [0.05, 0.1) is 0 Å². The summed E-state index contributed by atoms with van der Waals surface area (Å²) in [6.45, 7) is 0. The number of nitrogens with one attached hydrogen (secondary N) is 1. The van der Waals surface area contributed by atoms with Crippen molar-refractivity contribution in [2.24, 2.45) is 0 Å².